The van der Waals surface area contributed by atoms with Crippen LogP contribution in [0.25, 0.3) is 11.1 Å². The van der Waals surface area contributed by atoms with E-state index in [1.807, 2.05) is 78.9 Å². The first-order chi connectivity index (χ1) is 18.6. The molecular formula is C34H29N2OP. The van der Waals surface area contributed by atoms with E-state index in [4.69, 9.17) is 4.99 Å². The van der Waals surface area contributed by atoms with Gasteiger partial charge in [-0.2, -0.15) is 0 Å². The molecule has 1 N–H and O–H groups in total. The van der Waals surface area contributed by atoms with E-state index >= 15 is 0 Å². The molecule has 0 bridgehead atoms. The van der Waals surface area contributed by atoms with Crippen LogP contribution in [-0.4, -0.2) is 11.8 Å². The van der Waals surface area contributed by atoms with Crippen molar-refractivity contribution in [1.29, 1.82) is 0 Å². The van der Waals surface area contributed by atoms with Crippen LogP contribution < -0.4 is 15.7 Å². The Bertz CT molecular complexity index is 1540. The number of aliphatic imine (C=N–C) groups is 1. The molecule has 1 aliphatic rings. The summed E-state index contributed by atoms with van der Waals surface area (Å²) in [5, 5.41) is 5.21. The Morgan fingerprint density at radius 2 is 0.947 bits per heavy atom. The zero-order chi connectivity index (χ0) is 26.0. The lowest BCUT2D eigenvalue weighted by Crippen LogP contribution is -2.35. The fourth-order valence-corrected chi connectivity index (χ4v) is 7.84. The quantitative estimate of drug-likeness (QED) is 0.231. The molecule has 0 fully saturated rings. The van der Waals surface area contributed by atoms with E-state index in [9.17, 15) is 4.57 Å². The van der Waals surface area contributed by atoms with E-state index in [-0.39, 0.29) is 12.1 Å². The first-order valence-electron chi connectivity index (χ1n) is 13.0. The van der Waals surface area contributed by atoms with Gasteiger partial charge in [0.15, 0.2) is 0 Å². The van der Waals surface area contributed by atoms with E-state index in [0.717, 1.165) is 33.0 Å². The van der Waals surface area contributed by atoms with Gasteiger partial charge in [-0.25, -0.2) is 0 Å². The van der Waals surface area contributed by atoms with Crippen LogP contribution in [0.4, 0.5) is 0 Å². The molecule has 0 unspecified atom stereocenters. The van der Waals surface area contributed by atoms with Gasteiger partial charge in [0.2, 0.25) is 7.29 Å². The molecular weight excluding hydrogens is 483 g/mol. The van der Waals surface area contributed by atoms with Gasteiger partial charge in [0.25, 0.3) is 0 Å². The SMILES string of the molecule is C[C@@H](N=C1c2ccccc2-c2ccccc21)[C@H](NP(=O)(c1ccccc1)c1ccccc1)c1ccccc1. The number of benzene rings is 5. The largest absolute Gasteiger partial charge is 0.297 e. The van der Waals surface area contributed by atoms with Gasteiger partial charge in [-0.05, 0) is 47.9 Å². The van der Waals surface area contributed by atoms with Crippen LogP contribution in [-0.2, 0) is 4.57 Å². The minimum atomic E-state index is -3.20. The van der Waals surface area contributed by atoms with Crippen LogP contribution in [0.5, 0.6) is 0 Å². The number of nitrogens with zero attached hydrogens (tertiary/aromatic N) is 1. The van der Waals surface area contributed by atoms with Gasteiger partial charge in [-0.15, -0.1) is 0 Å². The van der Waals surface area contributed by atoms with E-state index in [2.05, 4.69) is 72.7 Å². The zero-order valence-electron chi connectivity index (χ0n) is 21.2. The summed E-state index contributed by atoms with van der Waals surface area (Å²) in [7, 11) is -3.20. The Balaban J connectivity index is 1.48. The summed E-state index contributed by atoms with van der Waals surface area (Å²) >= 11 is 0. The van der Waals surface area contributed by atoms with Crippen LogP contribution >= 0.6 is 7.29 Å². The fourth-order valence-electron chi connectivity index (χ4n) is 5.30. The standard InChI is InChI=1S/C34H29N2OP/c1-25(35-34-31-23-13-11-21-29(31)30-22-12-14-24-32(30)34)33(26-15-5-2-6-16-26)36-38(37,27-17-7-3-8-18-27)28-19-9-4-10-20-28/h2-25,33H,1H3,(H,36,37)/t25-,33+/m1/s1. The maximum atomic E-state index is 15.0. The Morgan fingerprint density at radius 1 is 0.553 bits per heavy atom. The predicted octanol–water partition coefficient (Wildman–Crippen LogP) is 7.15. The number of fused-ring (bicyclic) bond motifs is 3. The highest BCUT2D eigenvalue weighted by molar-refractivity contribution is 7.76. The normalized spacial score (nSPS) is 13.9. The summed E-state index contributed by atoms with van der Waals surface area (Å²) in [5.74, 6) is 0. The number of hydrogen-bond donors (Lipinski definition) is 1. The van der Waals surface area contributed by atoms with Crippen LogP contribution in [0, 0.1) is 0 Å². The van der Waals surface area contributed by atoms with Gasteiger partial charge in [0, 0.05) is 21.7 Å². The molecule has 5 aromatic carbocycles. The molecule has 0 spiro atoms. The second-order valence-corrected chi connectivity index (χ2v) is 12.1. The third kappa shape index (κ3) is 4.45. The summed E-state index contributed by atoms with van der Waals surface area (Å²) in [4.78, 5) is 5.34. The van der Waals surface area contributed by atoms with Crippen molar-refractivity contribution >= 4 is 23.6 Å². The molecule has 4 heteroatoms. The van der Waals surface area contributed by atoms with Crippen molar-refractivity contribution in [2.24, 2.45) is 4.99 Å². The molecule has 2 atom stereocenters. The first kappa shape index (κ1) is 24.3. The van der Waals surface area contributed by atoms with Crippen molar-refractivity contribution in [2.45, 2.75) is 19.0 Å². The molecule has 6 rings (SSSR count). The summed E-state index contributed by atoms with van der Waals surface area (Å²) in [6.07, 6.45) is 0. The molecule has 186 valence electrons. The monoisotopic (exact) mass is 512 g/mol. The van der Waals surface area contributed by atoms with Gasteiger partial charge in [-0.1, -0.05) is 115 Å². The summed E-state index contributed by atoms with van der Waals surface area (Å²) in [6.45, 7) is 2.11. The van der Waals surface area contributed by atoms with Crippen molar-refractivity contribution in [2.75, 3.05) is 0 Å². The number of rotatable bonds is 7. The van der Waals surface area contributed by atoms with Crippen molar-refractivity contribution in [1.82, 2.24) is 5.09 Å². The van der Waals surface area contributed by atoms with Crippen LogP contribution in [0.15, 0.2) is 145 Å². The predicted molar refractivity (Wildman–Crippen MR) is 159 cm³/mol. The zero-order valence-corrected chi connectivity index (χ0v) is 22.1. The highest BCUT2D eigenvalue weighted by Gasteiger charge is 2.34. The second kappa shape index (κ2) is 10.4. The molecule has 0 saturated carbocycles. The highest BCUT2D eigenvalue weighted by atomic mass is 31.2. The molecule has 0 heterocycles. The number of hydrogen-bond acceptors (Lipinski definition) is 2. The van der Waals surface area contributed by atoms with E-state index in [0.29, 0.717) is 0 Å². The molecule has 38 heavy (non-hydrogen) atoms. The topological polar surface area (TPSA) is 41.5 Å². The fraction of sp³-hybridized carbons (Fsp3) is 0.0882. The average Bonchev–Trinajstić information content (AvgIpc) is 3.30. The highest BCUT2D eigenvalue weighted by Crippen LogP contribution is 2.43. The van der Waals surface area contributed by atoms with Gasteiger partial charge < -0.3 is 0 Å². The lowest BCUT2D eigenvalue weighted by molar-refractivity contribution is 0.522. The molecule has 0 saturated heterocycles. The Kier molecular flexibility index (Phi) is 6.64. The van der Waals surface area contributed by atoms with E-state index in [1.54, 1.807) is 0 Å². The summed E-state index contributed by atoms with van der Waals surface area (Å²) in [5.41, 5.74) is 6.73. The summed E-state index contributed by atoms with van der Waals surface area (Å²) < 4.78 is 15.0. The van der Waals surface area contributed by atoms with Gasteiger partial charge in [-0.3, -0.25) is 14.6 Å². The third-order valence-corrected chi connectivity index (χ3v) is 9.88. The van der Waals surface area contributed by atoms with Gasteiger partial charge in [0.05, 0.1) is 17.8 Å². The molecule has 0 aromatic heterocycles. The second-order valence-electron chi connectivity index (χ2n) is 9.61. The Labute approximate surface area is 224 Å². The van der Waals surface area contributed by atoms with Gasteiger partial charge in [0.1, 0.15) is 0 Å². The van der Waals surface area contributed by atoms with Crippen molar-refractivity contribution in [3.05, 3.63) is 156 Å². The third-order valence-electron chi connectivity index (χ3n) is 7.19. The smallest absolute Gasteiger partial charge is 0.205 e. The molecule has 5 aromatic rings. The Morgan fingerprint density at radius 3 is 1.42 bits per heavy atom. The maximum absolute atomic E-state index is 15.0. The lowest BCUT2D eigenvalue weighted by atomic mass is 10.0. The van der Waals surface area contributed by atoms with Crippen LogP contribution in [0.3, 0.4) is 0 Å². The Hall–Kier alpha value is -4.04. The molecule has 0 radical (unpaired) electrons. The molecule has 0 aliphatic heterocycles. The molecule has 1 aliphatic carbocycles. The summed E-state index contributed by atoms with van der Waals surface area (Å²) in [6, 6.07) is 46.1. The van der Waals surface area contributed by atoms with E-state index in [1.165, 1.54) is 11.1 Å². The van der Waals surface area contributed by atoms with Crippen LogP contribution in [0.2, 0.25) is 0 Å². The first-order valence-corrected chi connectivity index (χ1v) is 14.7. The van der Waals surface area contributed by atoms with Crippen molar-refractivity contribution < 1.29 is 4.57 Å². The molecule has 3 nitrogen and oxygen atoms in total. The van der Waals surface area contributed by atoms with E-state index < -0.39 is 7.29 Å². The lowest BCUT2D eigenvalue weighted by Gasteiger charge is -2.30. The number of nitrogens with one attached hydrogen (secondary N) is 1. The van der Waals surface area contributed by atoms with Crippen LogP contribution in [0.1, 0.15) is 29.7 Å². The maximum Gasteiger partial charge on any atom is 0.205 e. The van der Waals surface area contributed by atoms with Crippen molar-refractivity contribution in [3.63, 3.8) is 0 Å². The van der Waals surface area contributed by atoms with Crippen molar-refractivity contribution in [3.8, 4) is 11.1 Å². The molecule has 0 amide bonds. The van der Waals surface area contributed by atoms with Gasteiger partial charge >= 0.3 is 0 Å². The minimum Gasteiger partial charge on any atom is -0.297 e. The minimum absolute atomic E-state index is 0.202. The average molecular weight is 513 g/mol.